The molecular weight excluding hydrogens is 435 g/mol. The van der Waals surface area contributed by atoms with Crippen LogP contribution in [0.3, 0.4) is 0 Å². The monoisotopic (exact) mass is 450 g/mol. The average molecular weight is 452 g/mol. The van der Waals surface area contributed by atoms with Crippen LogP contribution in [0.2, 0.25) is 10.0 Å². The summed E-state index contributed by atoms with van der Waals surface area (Å²) in [4.78, 5) is 29.2. The van der Waals surface area contributed by atoms with E-state index in [1.54, 1.807) is 37.4 Å². The third-order valence-corrected chi connectivity index (χ3v) is 5.95. The maximum atomic E-state index is 13.6. The number of carbonyl (C=O) groups is 2. The summed E-state index contributed by atoms with van der Waals surface area (Å²) in [5.74, 6) is -0.570. The van der Waals surface area contributed by atoms with Crippen molar-refractivity contribution in [3.8, 4) is 6.07 Å². The zero-order chi connectivity index (χ0) is 20.1. The van der Waals surface area contributed by atoms with Crippen LogP contribution in [0.25, 0.3) is 0 Å². The summed E-state index contributed by atoms with van der Waals surface area (Å²) in [6.45, 7) is 0.878. The Balaban J connectivity index is 0.00000240. The quantitative estimate of drug-likeness (QED) is 0.705. The van der Waals surface area contributed by atoms with Crippen molar-refractivity contribution >= 4 is 53.2 Å². The minimum absolute atomic E-state index is 0. The molecule has 0 aromatic heterocycles. The molecule has 1 spiro atoms. The van der Waals surface area contributed by atoms with Crippen LogP contribution in [0, 0.1) is 11.3 Å². The molecule has 6 nitrogen and oxygen atoms in total. The van der Waals surface area contributed by atoms with Crippen molar-refractivity contribution in [1.82, 2.24) is 10.2 Å². The minimum atomic E-state index is -1.06. The van der Waals surface area contributed by atoms with Gasteiger partial charge in [0.05, 0.1) is 17.3 Å². The van der Waals surface area contributed by atoms with Crippen LogP contribution < -0.4 is 10.2 Å². The number of urea groups is 1. The number of anilines is 1. The molecule has 2 unspecified atom stereocenters. The van der Waals surface area contributed by atoms with E-state index in [2.05, 4.69) is 11.4 Å². The first-order valence-corrected chi connectivity index (χ1v) is 9.43. The maximum Gasteiger partial charge on any atom is 0.332 e. The second kappa shape index (κ2) is 7.85. The van der Waals surface area contributed by atoms with E-state index < -0.39 is 11.6 Å². The molecule has 1 N–H and O–H groups in total. The van der Waals surface area contributed by atoms with Crippen molar-refractivity contribution in [1.29, 1.82) is 5.26 Å². The van der Waals surface area contributed by atoms with Crippen LogP contribution in [-0.4, -0.2) is 42.5 Å². The molecule has 29 heavy (non-hydrogen) atoms. The molecule has 9 heteroatoms. The maximum absolute atomic E-state index is 13.6. The summed E-state index contributed by atoms with van der Waals surface area (Å²) in [5.41, 5.74) is 0.728. The van der Waals surface area contributed by atoms with Crippen LogP contribution in [0.15, 0.2) is 42.5 Å². The van der Waals surface area contributed by atoms with Crippen molar-refractivity contribution in [3.63, 3.8) is 0 Å². The molecule has 2 fully saturated rings. The van der Waals surface area contributed by atoms with Gasteiger partial charge in [0.2, 0.25) is 0 Å². The van der Waals surface area contributed by atoms with Crippen LogP contribution in [-0.2, 0) is 4.79 Å². The highest BCUT2D eigenvalue weighted by Crippen LogP contribution is 2.44. The Bertz CT molecular complexity index is 1000. The number of nitrogens with one attached hydrogen (secondary N) is 1. The molecule has 0 saturated carbocycles. The third-order valence-electron chi connectivity index (χ3n) is 5.52. The molecule has 2 aliphatic heterocycles. The molecule has 2 aromatic carbocycles. The SMILES string of the molecule is CN1C(=O)N(c2cc(Cl)cc(Cl)c2)C(=O)C12CNCC2c1ccc(C#N)cc1.Cl. The number of hydrogen-bond acceptors (Lipinski definition) is 4. The zero-order valence-electron chi connectivity index (χ0n) is 15.4. The number of imide groups is 1. The van der Waals surface area contributed by atoms with Crippen molar-refractivity contribution < 1.29 is 9.59 Å². The number of likely N-dealkylation sites (N-methyl/N-ethyl adjacent to an activating group) is 1. The predicted octanol–water partition coefficient (Wildman–Crippen LogP) is 3.81. The van der Waals surface area contributed by atoms with Gasteiger partial charge in [-0.05, 0) is 35.9 Å². The van der Waals surface area contributed by atoms with E-state index >= 15 is 0 Å². The molecule has 2 saturated heterocycles. The number of carbonyl (C=O) groups excluding carboxylic acids is 2. The third kappa shape index (κ3) is 3.24. The molecule has 2 aliphatic rings. The summed E-state index contributed by atoms with van der Waals surface area (Å²) in [6, 6.07) is 13.4. The molecule has 3 amide bonds. The lowest BCUT2D eigenvalue weighted by molar-refractivity contribution is -0.124. The van der Waals surface area contributed by atoms with Gasteiger partial charge in [0.1, 0.15) is 5.54 Å². The number of amides is 3. The Hall–Kier alpha value is -2.30. The molecule has 2 heterocycles. The molecule has 2 aromatic rings. The second-order valence-corrected chi connectivity index (χ2v) is 7.82. The van der Waals surface area contributed by atoms with E-state index in [-0.39, 0.29) is 24.2 Å². The Kier molecular flexibility index (Phi) is 5.79. The van der Waals surface area contributed by atoms with Crippen LogP contribution in [0.4, 0.5) is 10.5 Å². The number of halogens is 3. The van der Waals surface area contributed by atoms with Crippen LogP contribution in [0.1, 0.15) is 17.0 Å². The van der Waals surface area contributed by atoms with E-state index in [1.807, 2.05) is 12.1 Å². The molecule has 0 aliphatic carbocycles. The van der Waals surface area contributed by atoms with Crippen molar-refractivity contribution in [3.05, 3.63) is 63.6 Å². The van der Waals surface area contributed by atoms with Gasteiger partial charge in [-0.25, -0.2) is 9.69 Å². The molecule has 0 bridgehead atoms. The zero-order valence-corrected chi connectivity index (χ0v) is 17.7. The Morgan fingerprint density at radius 3 is 2.34 bits per heavy atom. The summed E-state index contributed by atoms with van der Waals surface area (Å²) >= 11 is 12.2. The lowest BCUT2D eigenvalue weighted by Gasteiger charge is -2.33. The lowest BCUT2D eigenvalue weighted by Crippen LogP contribution is -2.53. The Morgan fingerprint density at radius 1 is 1.14 bits per heavy atom. The highest BCUT2D eigenvalue weighted by atomic mass is 35.5. The fraction of sp³-hybridized carbons (Fsp3) is 0.250. The molecule has 150 valence electrons. The van der Waals surface area contributed by atoms with Gasteiger partial charge in [-0.3, -0.25) is 4.79 Å². The van der Waals surface area contributed by atoms with Gasteiger partial charge in [-0.2, -0.15) is 5.26 Å². The Labute approximate surface area is 184 Å². The lowest BCUT2D eigenvalue weighted by atomic mass is 9.80. The number of benzene rings is 2. The average Bonchev–Trinajstić information content (AvgIpc) is 3.19. The Morgan fingerprint density at radius 2 is 1.76 bits per heavy atom. The number of rotatable bonds is 2. The van der Waals surface area contributed by atoms with E-state index in [0.29, 0.717) is 34.4 Å². The summed E-state index contributed by atoms with van der Waals surface area (Å²) in [6.07, 6.45) is 0. The van der Waals surface area contributed by atoms with Gasteiger partial charge in [-0.1, -0.05) is 35.3 Å². The predicted molar refractivity (Wildman–Crippen MR) is 114 cm³/mol. The van der Waals surface area contributed by atoms with Gasteiger partial charge < -0.3 is 10.2 Å². The number of nitrogens with zero attached hydrogens (tertiary/aromatic N) is 3. The highest BCUT2D eigenvalue weighted by Gasteiger charge is 2.62. The standard InChI is InChI=1S/C20H16Cl2N4O2.ClH/c1-25-19(28)26(16-7-14(21)6-15(22)8-16)18(27)20(25)11-24-10-17(20)13-4-2-12(9-23)3-5-13;/h2-8,17,24H,10-11H2,1H3;1H. The summed E-state index contributed by atoms with van der Waals surface area (Å²) in [5, 5.41) is 13.0. The molecule has 0 radical (unpaired) electrons. The van der Waals surface area contributed by atoms with Gasteiger partial charge >= 0.3 is 6.03 Å². The molecular formula is C20H17Cl3N4O2. The number of hydrogen-bond donors (Lipinski definition) is 1. The van der Waals surface area contributed by atoms with E-state index in [9.17, 15) is 9.59 Å². The van der Waals surface area contributed by atoms with E-state index in [1.165, 1.54) is 4.90 Å². The first kappa shape index (κ1) is 21.4. The van der Waals surface area contributed by atoms with Crippen molar-refractivity contribution in [2.45, 2.75) is 11.5 Å². The van der Waals surface area contributed by atoms with Crippen molar-refractivity contribution in [2.75, 3.05) is 25.0 Å². The van der Waals surface area contributed by atoms with E-state index in [0.717, 1.165) is 10.5 Å². The van der Waals surface area contributed by atoms with Crippen LogP contribution >= 0.6 is 35.6 Å². The normalized spacial score (nSPS) is 23.4. The number of nitriles is 1. The van der Waals surface area contributed by atoms with Crippen molar-refractivity contribution in [2.24, 2.45) is 0 Å². The molecule has 2 atom stereocenters. The smallest absolute Gasteiger partial charge is 0.313 e. The first-order valence-electron chi connectivity index (χ1n) is 8.67. The molecule has 4 rings (SSSR count). The van der Waals surface area contributed by atoms with Gasteiger partial charge in [0, 0.05) is 36.1 Å². The first-order chi connectivity index (χ1) is 13.4. The second-order valence-electron chi connectivity index (χ2n) is 6.95. The fourth-order valence-electron chi connectivity index (χ4n) is 4.10. The van der Waals surface area contributed by atoms with Gasteiger partial charge in [-0.15, -0.1) is 12.4 Å². The van der Waals surface area contributed by atoms with Crippen LogP contribution in [0.5, 0.6) is 0 Å². The highest BCUT2D eigenvalue weighted by molar-refractivity contribution is 6.35. The van der Waals surface area contributed by atoms with Gasteiger partial charge in [0.15, 0.2) is 0 Å². The van der Waals surface area contributed by atoms with E-state index in [4.69, 9.17) is 28.5 Å². The topological polar surface area (TPSA) is 76.4 Å². The summed E-state index contributed by atoms with van der Waals surface area (Å²) < 4.78 is 0. The minimum Gasteiger partial charge on any atom is -0.313 e. The fourth-order valence-corrected chi connectivity index (χ4v) is 4.61. The van der Waals surface area contributed by atoms with Gasteiger partial charge in [0.25, 0.3) is 5.91 Å². The summed E-state index contributed by atoms with van der Waals surface area (Å²) in [7, 11) is 1.63. The largest absolute Gasteiger partial charge is 0.332 e.